The Bertz CT molecular complexity index is 747. The highest BCUT2D eigenvalue weighted by Crippen LogP contribution is 2.25. The summed E-state index contributed by atoms with van der Waals surface area (Å²) >= 11 is 0. The number of hydrogen-bond donors (Lipinski definition) is 2. The highest BCUT2D eigenvalue weighted by Gasteiger charge is 2.11. The second-order valence-electron chi connectivity index (χ2n) is 6.92. The van der Waals surface area contributed by atoms with Gasteiger partial charge in [0.15, 0.2) is 5.96 Å². The Hall–Kier alpha value is -2.53. The van der Waals surface area contributed by atoms with E-state index in [1.807, 2.05) is 6.07 Å². The third-order valence-corrected chi connectivity index (χ3v) is 4.82. The molecule has 2 N–H and O–H groups in total. The summed E-state index contributed by atoms with van der Waals surface area (Å²) in [6.07, 6.45) is 3.91. The molecule has 0 aliphatic carbocycles. The molecule has 0 saturated carbocycles. The normalized spacial score (nSPS) is 13.1. The minimum absolute atomic E-state index is 0.758. The van der Waals surface area contributed by atoms with Crippen LogP contribution in [0.25, 0.3) is 0 Å². The van der Waals surface area contributed by atoms with Crippen molar-refractivity contribution in [1.82, 2.24) is 10.6 Å². The Labute approximate surface area is 168 Å². The standard InChI is InChI=1S/C23H31N3O2/c1-24-23(25-13-5-15-27-16-11-19-6-3-2-4-7-19)26-14-10-20-8-9-22-21(18-20)12-17-28-22/h2-4,6-9,18H,5,10-17H2,1H3,(H2,24,25,26). The van der Waals surface area contributed by atoms with Gasteiger partial charge in [0, 0.05) is 33.2 Å². The number of rotatable bonds is 10. The lowest BCUT2D eigenvalue weighted by Crippen LogP contribution is -2.39. The van der Waals surface area contributed by atoms with Crippen molar-refractivity contribution in [2.24, 2.45) is 4.99 Å². The molecule has 150 valence electrons. The quantitative estimate of drug-likeness (QED) is 0.377. The summed E-state index contributed by atoms with van der Waals surface area (Å²) in [6.45, 7) is 4.04. The topological polar surface area (TPSA) is 54.9 Å². The third kappa shape index (κ3) is 6.57. The molecule has 0 saturated heterocycles. The molecular formula is C23H31N3O2. The fraction of sp³-hybridized carbons (Fsp3) is 0.435. The van der Waals surface area contributed by atoms with Crippen molar-refractivity contribution >= 4 is 5.96 Å². The second kappa shape index (κ2) is 11.3. The van der Waals surface area contributed by atoms with Crippen molar-refractivity contribution in [3.8, 4) is 5.75 Å². The molecule has 0 radical (unpaired) electrons. The summed E-state index contributed by atoms with van der Waals surface area (Å²) in [5.41, 5.74) is 3.98. The zero-order valence-electron chi connectivity index (χ0n) is 16.7. The Morgan fingerprint density at radius 3 is 2.71 bits per heavy atom. The van der Waals surface area contributed by atoms with Gasteiger partial charge >= 0.3 is 0 Å². The van der Waals surface area contributed by atoms with E-state index in [4.69, 9.17) is 9.47 Å². The van der Waals surface area contributed by atoms with Crippen LogP contribution in [0.5, 0.6) is 5.75 Å². The minimum Gasteiger partial charge on any atom is -0.493 e. The molecule has 0 spiro atoms. The molecule has 5 nitrogen and oxygen atoms in total. The van der Waals surface area contributed by atoms with Crippen LogP contribution >= 0.6 is 0 Å². The van der Waals surface area contributed by atoms with Crippen molar-refractivity contribution in [2.75, 3.05) is 40.0 Å². The largest absolute Gasteiger partial charge is 0.493 e. The summed E-state index contributed by atoms with van der Waals surface area (Å²) in [7, 11) is 1.80. The third-order valence-electron chi connectivity index (χ3n) is 4.82. The molecule has 1 heterocycles. The molecule has 1 aliphatic rings. The Kier molecular flexibility index (Phi) is 8.19. The van der Waals surface area contributed by atoms with Gasteiger partial charge in [0.1, 0.15) is 5.75 Å². The first-order valence-electron chi connectivity index (χ1n) is 10.2. The molecule has 5 heteroatoms. The van der Waals surface area contributed by atoms with Gasteiger partial charge in [-0.3, -0.25) is 4.99 Å². The van der Waals surface area contributed by atoms with E-state index in [1.165, 1.54) is 16.7 Å². The predicted octanol–water partition coefficient (Wildman–Crippen LogP) is 2.98. The van der Waals surface area contributed by atoms with Crippen molar-refractivity contribution in [2.45, 2.75) is 25.7 Å². The lowest BCUT2D eigenvalue weighted by atomic mass is 10.1. The van der Waals surface area contributed by atoms with Crippen LogP contribution < -0.4 is 15.4 Å². The molecule has 3 rings (SSSR count). The summed E-state index contributed by atoms with van der Waals surface area (Å²) in [5.74, 6) is 1.88. The summed E-state index contributed by atoms with van der Waals surface area (Å²) in [6, 6.07) is 16.9. The molecule has 0 unspecified atom stereocenters. The Morgan fingerprint density at radius 1 is 1.00 bits per heavy atom. The minimum atomic E-state index is 0.758. The number of guanidine groups is 1. The van der Waals surface area contributed by atoms with E-state index in [1.54, 1.807) is 7.05 Å². The molecule has 2 aromatic carbocycles. The molecule has 0 fully saturated rings. The second-order valence-corrected chi connectivity index (χ2v) is 6.92. The van der Waals surface area contributed by atoms with Crippen LogP contribution in [-0.4, -0.2) is 45.9 Å². The molecule has 2 aromatic rings. The summed E-state index contributed by atoms with van der Waals surface area (Å²) < 4.78 is 11.3. The maximum Gasteiger partial charge on any atom is 0.190 e. The van der Waals surface area contributed by atoms with Crippen LogP contribution in [0.3, 0.4) is 0 Å². The van der Waals surface area contributed by atoms with Gasteiger partial charge in [-0.15, -0.1) is 0 Å². The predicted molar refractivity (Wildman–Crippen MR) is 114 cm³/mol. The zero-order chi connectivity index (χ0) is 19.4. The van der Waals surface area contributed by atoms with Crippen LogP contribution in [0.15, 0.2) is 53.5 Å². The van der Waals surface area contributed by atoms with Gasteiger partial charge in [-0.2, -0.15) is 0 Å². The monoisotopic (exact) mass is 381 g/mol. The van der Waals surface area contributed by atoms with Gasteiger partial charge in [0.2, 0.25) is 0 Å². The Morgan fingerprint density at radius 2 is 1.86 bits per heavy atom. The van der Waals surface area contributed by atoms with Crippen molar-refractivity contribution in [3.05, 3.63) is 65.2 Å². The number of nitrogens with one attached hydrogen (secondary N) is 2. The van der Waals surface area contributed by atoms with Crippen LogP contribution in [-0.2, 0) is 24.0 Å². The van der Waals surface area contributed by atoms with Gasteiger partial charge in [-0.1, -0.05) is 42.5 Å². The van der Waals surface area contributed by atoms with Gasteiger partial charge in [-0.05, 0) is 42.0 Å². The van der Waals surface area contributed by atoms with Crippen LogP contribution in [0.1, 0.15) is 23.1 Å². The lowest BCUT2D eigenvalue weighted by Gasteiger charge is -2.12. The molecule has 0 amide bonds. The van der Waals surface area contributed by atoms with Crippen molar-refractivity contribution < 1.29 is 9.47 Å². The highest BCUT2D eigenvalue weighted by atomic mass is 16.5. The molecule has 1 aliphatic heterocycles. The van der Waals surface area contributed by atoms with Gasteiger partial charge in [-0.25, -0.2) is 0 Å². The molecule has 28 heavy (non-hydrogen) atoms. The van der Waals surface area contributed by atoms with E-state index in [2.05, 4.69) is 58.1 Å². The smallest absolute Gasteiger partial charge is 0.190 e. The van der Waals surface area contributed by atoms with Crippen LogP contribution in [0.4, 0.5) is 0 Å². The fourth-order valence-corrected chi connectivity index (χ4v) is 3.26. The average molecular weight is 382 g/mol. The molecule has 0 bridgehead atoms. The van der Waals surface area contributed by atoms with Gasteiger partial charge < -0.3 is 20.1 Å². The van der Waals surface area contributed by atoms with Gasteiger partial charge in [0.05, 0.1) is 13.2 Å². The van der Waals surface area contributed by atoms with E-state index in [0.29, 0.717) is 0 Å². The lowest BCUT2D eigenvalue weighted by molar-refractivity contribution is 0.135. The molecule has 0 atom stereocenters. The van der Waals surface area contributed by atoms with E-state index < -0.39 is 0 Å². The first-order chi connectivity index (χ1) is 13.8. The van der Waals surface area contributed by atoms with Crippen LogP contribution in [0.2, 0.25) is 0 Å². The summed E-state index contributed by atoms with van der Waals surface area (Å²) in [4.78, 5) is 4.28. The Balaban J connectivity index is 1.23. The number of fused-ring (bicyclic) bond motifs is 1. The van der Waals surface area contributed by atoms with Crippen LogP contribution in [0, 0.1) is 0 Å². The summed E-state index contributed by atoms with van der Waals surface area (Å²) in [5, 5.41) is 6.72. The van der Waals surface area contributed by atoms with E-state index in [-0.39, 0.29) is 0 Å². The van der Waals surface area contributed by atoms with E-state index in [9.17, 15) is 0 Å². The average Bonchev–Trinajstić information content (AvgIpc) is 3.20. The first kappa shape index (κ1) is 20.2. The van der Waals surface area contributed by atoms with Crippen molar-refractivity contribution in [3.63, 3.8) is 0 Å². The molecular weight excluding hydrogens is 350 g/mol. The molecule has 0 aromatic heterocycles. The van der Waals surface area contributed by atoms with Crippen molar-refractivity contribution in [1.29, 1.82) is 0 Å². The number of nitrogens with zero attached hydrogens (tertiary/aromatic N) is 1. The fourth-order valence-electron chi connectivity index (χ4n) is 3.26. The number of hydrogen-bond acceptors (Lipinski definition) is 3. The number of benzene rings is 2. The van der Waals surface area contributed by atoms with E-state index in [0.717, 1.165) is 70.3 Å². The zero-order valence-corrected chi connectivity index (χ0v) is 16.7. The number of aliphatic imine (C=N–C) groups is 1. The van der Waals surface area contributed by atoms with Gasteiger partial charge in [0.25, 0.3) is 0 Å². The number of ether oxygens (including phenoxy) is 2. The first-order valence-corrected chi connectivity index (χ1v) is 10.2. The maximum atomic E-state index is 5.72. The maximum absolute atomic E-state index is 5.72. The van der Waals surface area contributed by atoms with E-state index >= 15 is 0 Å². The SMILES string of the molecule is CN=C(NCCCOCCc1ccccc1)NCCc1ccc2c(c1)CCO2. The highest BCUT2D eigenvalue weighted by molar-refractivity contribution is 5.79.